The Balaban J connectivity index is 2.17. The standard InChI is InChI=1S/C11H14N2O3S2/c1-8(11-3-2-4-16-11)13-18(14,15)10-5-9(6-12)17-7-10/h2-5,7-8,13H,6,12H2,1H3. The molecule has 18 heavy (non-hydrogen) atoms. The molecule has 0 amide bonds. The van der Waals surface area contributed by atoms with Crippen molar-refractivity contribution in [1.29, 1.82) is 0 Å². The zero-order chi connectivity index (χ0) is 13.2. The fraction of sp³-hybridized carbons (Fsp3) is 0.273. The Bertz CT molecular complexity index is 602. The Morgan fingerprint density at radius 3 is 2.89 bits per heavy atom. The molecule has 0 saturated carbocycles. The summed E-state index contributed by atoms with van der Waals surface area (Å²) in [6.07, 6.45) is 1.51. The van der Waals surface area contributed by atoms with Gasteiger partial charge < -0.3 is 10.2 Å². The van der Waals surface area contributed by atoms with E-state index in [4.69, 9.17) is 10.2 Å². The van der Waals surface area contributed by atoms with Crippen molar-refractivity contribution in [1.82, 2.24) is 4.72 Å². The van der Waals surface area contributed by atoms with E-state index in [9.17, 15) is 8.42 Å². The van der Waals surface area contributed by atoms with Gasteiger partial charge in [0.2, 0.25) is 10.0 Å². The van der Waals surface area contributed by atoms with E-state index in [0.717, 1.165) is 4.88 Å². The van der Waals surface area contributed by atoms with E-state index >= 15 is 0 Å². The van der Waals surface area contributed by atoms with Crippen LogP contribution in [0.1, 0.15) is 23.6 Å². The van der Waals surface area contributed by atoms with E-state index in [-0.39, 0.29) is 4.90 Å². The first kappa shape index (κ1) is 13.3. The second kappa shape index (κ2) is 5.23. The maximum Gasteiger partial charge on any atom is 0.242 e. The van der Waals surface area contributed by atoms with Crippen molar-refractivity contribution in [3.63, 3.8) is 0 Å². The number of sulfonamides is 1. The van der Waals surface area contributed by atoms with E-state index in [0.29, 0.717) is 12.3 Å². The highest BCUT2D eigenvalue weighted by Gasteiger charge is 2.20. The maximum atomic E-state index is 12.1. The van der Waals surface area contributed by atoms with Gasteiger partial charge >= 0.3 is 0 Å². The first-order valence-corrected chi connectivity index (χ1v) is 7.72. The predicted molar refractivity (Wildman–Crippen MR) is 69.7 cm³/mol. The third-order valence-corrected chi connectivity index (χ3v) is 5.07. The molecule has 1 unspecified atom stereocenters. The lowest BCUT2D eigenvalue weighted by atomic mass is 10.3. The molecule has 2 heterocycles. The average molecular weight is 286 g/mol. The van der Waals surface area contributed by atoms with Crippen LogP contribution in [0.4, 0.5) is 0 Å². The predicted octanol–water partition coefficient (Wildman–Crippen LogP) is 1.84. The van der Waals surface area contributed by atoms with Crippen molar-refractivity contribution in [2.45, 2.75) is 24.4 Å². The minimum atomic E-state index is -3.53. The summed E-state index contributed by atoms with van der Waals surface area (Å²) < 4.78 is 31.9. The lowest BCUT2D eigenvalue weighted by Crippen LogP contribution is -2.26. The van der Waals surface area contributed by atoms with Crippen LogP contribution in [-0.2, 0) is 16.6 Å². The molecule has 7 heteroatoms. The van der Waals surface area contributed by atoms with E-state index in [1.54, 1.807) is 30.5 Å². The van der Waals surface area contributed by atoms with Gasteiger partial charge in [-0.25, -0.2) is 13.1 Å². The van der Waals surface area contributed by atoms with Crippen LogP contribution in [0.5, 0.6) is 0 Å². The molecule has 0 aliphatic heterocycles. The van der Waals surface area contributed by atoms with Crippen molar-refractivity contribution >= 4 is 21.4 Å². The Labute approximate surface area is 110 Å². The fourth-order valence-corrected chi connectivity index (χ4v) is 3.87. The highest BCUT2D eigenvalue weighted by molar-refractivity contribution is 7.89. The molecule has 2 rings (SSSR count). The van der Waals surface area contributed by atoms with Gasteiger partial charge in [-0.3, -0.25) is 0 Å². The summed E-state index contributed by atoms with van der Waals surface area (Å²) in [4.78, 5) is 1.08. The first-order chi connectivity index (χ1) is 8.53. The van der Waals surface area contributed by atoms with Crippen LogP contribution in [-0.4, -0.2) is 8.42 Å². The van der Waals surface area contributed by atoms with Crippen molar-refractivity contribution < 1.29 is 12.8 Å². The summed E-state index contributed by atoms with van der Waals surface area (Å²) in [6, 6.07) is 4.62. The lowest BCUT2D eigenvalue weighted by Gasteiger charge is -2.10. The molecule has 0 bridgehead atoms. The largest absolute Gasteiger partial charge is 0.468 e. The molecule has 0 spiro atoms. The van der Waals surface area contributed by atoms with Crippen LogP contribution in [0.25, 0.3) is 0 Å². The van der Waals surface area contributed by atoms with Gasteiger partial charge in [0.15, 0.2) is 0 Å². The summed E-state index contributed by atoms with van der Waals surface area (Å²) >= 11 is 1.33. The van der Waals surface area contributed by atoms with Gasteiger partial charge in [-0.2, -0.15) is 0 Å². The molecule has 0 fully saturated rings. The summed E-state index contributed by atoms with van der Waals surface area (Å²) in [5.41, 5.74) is 5.47. The molecule has 5 nitrogen and oxygen atoms in total. The molecule has 3 N–H and O–H groups in total. The van der Waals surface area contributed by atoms with E-state index in [2.05, 4.69) is 4.72 Å². The van der Waals surface area contributed by atoms with Crippen LogP contribution in [0.3, 0.4) is 0 Å². The Morgan fingerprint density at radius 2 is 2.33 bits per heavy atom. The van der Waals surface area contributed by atoms with Gasteiger partial charge in [0, 0.05) is 16.8 Å². The molecule has 0 aliphatic carbocycles. The monoisotopic (exact) mass is 286 g/mol. The topological polar surface area (TPSA) is 85.3 Å². The van der Waals surface area contributed by atoms with Crippen LogP contribution < -0.4 is 10.5 Å². The Kier molecular flexibility index (Phi) is 3.86. The fourth-order valence-electron chi connectivity index (χ4n) is 1.50. The van der Waals surface area contributed by atoms with Gasteiger partial charge in [-0.05, 0) is 25.1 Å². The van der Waals surface area contributed by atoms with Crippen molar-refractivity contribution in [3.05, 3.63) is 40.5 Å². The normalized spacial score (nSPS) is 13.7. The third-order valence-electron chi connectivity index (χ3n) is 2.44. The molecule has 2 aromatic rings. The maximum absolute atomic E-state index is 12.1. The van der Waals surface area contributed by atoms with Crippen molar-refractivity contribution in [2.75, 3.05) is 0 Å². The lowest BCUT2D eigenvalue weighted by molar-refractivity contribution is 0.459. The van der Waals surface area contributed by atoms with Crippen LogP contribution in [0.15, 0.2) is 39.2 Å². The number of hydrogen-bond acceptors (Lipinski definition) is 5. The number of furan rings is 1. The molecule has 2 aromatic heterocycles. The van der Waals surface area contributed by atoms with E-state index < -0.39 is 16.1 Å². The molecule has 0 radical (unpaired) electrons. The summed E-state index contributed by atoms with van der Waals surface area (Å²) in [6.45, 7) is 2.07. The molecule has 0 saturated heterocycles. The molecule has 98 valence electrons. The van der Waals surface area contributed by atoms with Gasteiger partial charge in [0.05, 0.1) is 17.2 Å². The molecular formula is C11H14N2O3S2. The molecule has 1 atom stereocenters. The number of nitrogens with one attached hydrogen (secondary N) is 1. The molecular weight excluding hydrogens is 272 g/mol. The summed E-state index contributed by atoms with van der Waals surface area (Å²) in [5.74, 6) is 0.577. The Morgan fingerprint density at radius 1 is 1.56 bits per heavy atom. The Hall–Kier alpha value is -1.15. The smallest absolute Gasteiger partial charge is 0.242 e. The summed E-state index contributed by atoms with van der Waals surface area (Å²) in [5, 5.41) is 1.58. The first-order valence-electron chi connectivity index (χ1n) is 5.36. The van der Waals surface area contributed by atoms with E-state index in [1.807, 2.05) is 0 Å². The average Bonchev–Trinajstić information content (AvgIpc) is 3.00. The van der Waals surface area contributed by atoms with Gasteiger partial charge in [0.25, 0.3) is 0 Å². The molecule has 0 aliphatic rings. The van der Waals surface area contributed by atoms with Gasteiger partial charge in [0.1, 0.15) is 5.76 Å². The number of nitrogens with two attached hydrogens (primary N) is 1. The molecule has 0 aromatic carbocycles. The van der Waals surface area contributed by atoms with E-state index in [1.165, 1.54) is 17.6 Å². The SMILES string of the molecule is CC(NS(=O)(=O)c1csc(CN)c1)c1ccco1. The highest BCUT2D eigenvalue weighted by atomic mass is 32.2. The third kappa shape index (κ3) is 2.81. The zero-order valence-corrected chi connectivity index (χ0v) is 11.4. The van der Waals surface area contributed by atoms with Crippen LogP contribution >= 0.6 is 11.3 Å². The number of thiophene rings is 1. The minimum Gasteiger partial charge on any atom is -0.468 e. The quantitative estimate of drug-likeness (QED) is 0.878. The number of rotatable bonds is 5. The van der Waals surface area contributed by atoms with Crippen molar-refractivity contribution in [2.24, 2.45) is 5.73 Å². The second-order valence-corrected chi connectivity index (χ2v) is 6.52. The summed E-state index contributed by atoms with van der Waals surface area (Å²) in [7, 11) is -3.53. The minimum absolute atomic E-state index is 0.242. The van der Waals surface area contributed by atoms with Gasteiger partial charge in [-0.1, -0.05) is 0 Å². The van der Waals surface area contributed by atoms with Crippen LogP contribution in [0, 0.1) is 0 Å². The van der Waals surface area contributed by atoms with Crippen molar-refractivity contribution in [3.8, 4) is 0 Å². The second-order valence-electron chi connectivity index (χ2n) is 3.81. The zero-order valence-electron chi connectivity index (χ0n) is 9.79. The van der Waals surface area contributed by atoms with Gasteiger partial charge in [-0.15, -0.1) is 11.3 Å². The number of hydrogen-bond donors (Lipinski definition) is 2. The van der Waals surface area contributed by atoms with Crippen LogP contribution in [0.2, 0.25) is 0 Å². The highest BCUT2D eigenvalue weighted by Crippen LogP contribution is 2.21.